The van der Waals surface area contributed by atoms with Crippen molar-refractivity contribution in [2.45, 2.75) is 39.0 Å². The number of aldehydes is 1. The fraction of sp³-hybridized carbons (Fsp3) is 0.281. The number of H-pyrrole nitrogens is 1. The summed E-state index contributed by atoms with van der Waals surface area (Å²) in [7, 11) is 0. The van der Waals surface area contributed by atoms with Gasteiger partial charge in [0.2, 0.25) is 0 Å². The van der Waals surface area contributed by atoms with Gasteiger partial charge < -0.3 is 24.3 Å². The maximum absolute atomic E-state index is 11.7. The van der Waals surface area contributed by atoms with Crippen LogP contribution in [0, 0.1) is 18.3 Å². The highest BCUT2D eigenvalue weighted by atomic mass is 16.5. The number of nitrogens with one attached hydrogen (secondary N) is 1. The minimum absolute atomic E-state index is 0.0903. The van der Waals surface area contributed by atoms with Crippen molar-refractivity contribution in [3.8, 4) is 29.1 Å². The first-order chi connectivity index (χ1) is 19.5. The van der Waals surface area contributed by atoms with E-state index in [0.29, 0.717) is 47.2 Å². The van der Waals surface area contributed by atoms with Crippen LogP contribution in [0.1, 0.15) is 64.2 Å². The van der Waals surface area contributed by atoms with Crippen LogP contribution in [0.25, 0.3) is 0 Å². The highest BCUT2D eigenvalue weighted by molar-refractivity contribution is 5.79. The summed E-state index contributed by atoms with van der Waals surface area (Å²) in [5.41, 5.74) is 3.77. The van der Waals surface area contributed by atoms with Gasteiger partial charge in [0.25, 0.3) is 0 Å². The number of carbonyl (C=O) groups excluding carboxylic acids is 1. The zero-order chi connectivity index (χ0) is 28.3. The number of carbonyl (C=O) groups is 1. The van der Waals surface area contributed by atoms with Gasteiger partial charge in [-0.1, -0.05) is 31.5 Å². The Morgan fingerprint density at radius 2 is 1.90 bits per heavy atom. The Morgan fingerprint density at radius 1 is 1.05 bits per heavy atom. The van der Waals surface area contributed by atoms with E-state index in [1.807, 2.05) is 37.4 Å². The molecule has 1 atom stereocenters. The lowest BCUT2D eigenvalue weighted by atomic mass is 9.88. The first-order valence-corrected chi connectivity index (χ1v) is 13.3. The third-order valence-electron chi connectivity index (χ3n) is 6.42. The Balaban J connectivity index is 1.66. The number of aromatic amines is 1. The van der Waals surface area contributed by atoms with Crippen molar-refractivity contribution in [2.24, 2.45) is 0 Å². The molecule has 8 heteroatoms. The first-order valence-electron chi connectivity index (χ1n) is 13.3. The van der Waals surface area contributed by atoms with E-state index in [9.17, 15) is 10.1 Å². The van der Waals surface area contributed by atoms with E-state index in [-0.39, 0.29) is 19.1 Å². The van der Waals surface area contributed by atoms with Crippen LogP contribution in [0.15, 0.2) is 66.9 Å². The topological polar surface area (TPSA) is 117 Å². The van der Waals surface area contributed by atoms with E-state index >= 15 is 0 Å². The molecule has 0 aliphatic rings. The van der Waals surface area contributed by atoms with Crippen molar-refractivity contribution in [3.05, 3.63) is 101 Å². The molecule has 0 spiro atoms. The van der Waals surface area contributed by atoms with Gasteiger partial charge >= 0.3 is 0 Å². The van der Waals surface area contributed by atoms with Gasteiger partial charge in [-0.15, -0.1) is 0 Å². The monoisotopic (exact) mass is 539 g/mol. The SMILES string of the molecule is CCCCOc1cc(C(Cc2ccc(C#N)c(Oc3cccc(OCCO)c3)c2)c2cnc(C)[nH]2)ccc1C=O. The lowest BCUT2D eigenvalue weighted by Gasteiger charge is -2.19. The maximum atomic E-state index is 11.7. The summed E-state index contributed by atoms with van der Waals surface area (Å²) < 4.78 is 17.6. The summed E-state index contributed by atoms with van der Waals surface area (Å²) in [6, 6.07) is 20.5. The summed E-state index contributed by atoms with van der Waals surface area (Å²) in [6.07, 6.45) is 5.11. The molecule has 0 aliphatic heterocycles. The van der Waals surface area contributed by atoms with Gasteiger partial charge in [-0.05, 0) is 67.3 Å². The van der Waals surface area contributed by atoms with Crippen molar-refractivity contribution in [1.82, 2.24) is 9.97 Å². The van der Waals surface area contributed by atoms with Crippen molar-refractivity contribution in [2.75, 3.05) is 19.8 Å². The van der Waals surface area contributed by atoms with Gasteiger partial charge in [-0.2, -0.15) is 5.26 Å². The van der Waals surface area contributed by atoms with Crippen LogP contribution < -0.4 is 14.2 Å². The molecule has 206 valence electrons. The second kappa shape index (κ2) is 14.0. The summed E-state index contributed by atoms with van der Waals surface area (Å²) in [6.45, 7) is 4.62. The molecule has 0 aliphatic carbocycles. The lowest BCUT2D eigenvalue weighted by Crippen LogP contribution is -2.08. The lowest BCUT2D eigenvalue weighted by molar-refractivity contribution is 0.111. The summed E-state index contributed by atoms with van der Waals surface area (Å²) in [5, 5.41) is 18.8. The third kappa shape index (κ3) is 7.28. The van der Waals surface area contributed by atoms with E-state index in [0.717, 1.165) is 41.8 Å². The smallest absolute Gasteiger partial charge is 0.153 e. The van der Waals surface area contributed by atoms with Crippen molar-refractivity contribution in [3.63, 3.8) is 0 Å². The third-order valence-corrected chi connectivity index (χ3v) is 6.42. The van der Waals surface area contributed by atoms with Gasteiger partial charge in [0.05, 0.1) is 24.3 Å². The Kier molecular flexibility index (Phi) is 9.92. The normalized spacial score (nSPS) is 11.4. The largest absolute Gasteiger partial charge is 0.493 e. The molecule has 0 radical (unpaired) electrons. The molecule has 0 amide bonds. The average Bonchev–Trinajstić information content (AvgIpc) is 3.41. The van der Waals surface area contributed by atoms with E-state index in [4.69, 9.17) is 19.3 Å². The number of ether oxygens (including phenoxy) is 3. The van der Waals surface area contributed by atoms with Gasteiger partial charge in [0, 0.05) is 23.9 Å². The van der Waals surface area contributed by atoms with Crippen molar-refractivity contribution < 1.29 is 24.1 Å². The van der Waals surface area contributed by atoms with Crippen molar-refractivity contribution in [1.29, 1.82) is 5.26 Å². The Labute approximate surface area is 234 Å². The molecule has 2 N–H and O–H groups in total. The van der Waals surface area contributed by atoms with Crippen LogP contribution >= 0.6 is 0 Å². The number of nitriles is 1. The molecule has 40 heavy (non-hydrogen) atoms. The van der Waals surface area contributed by atoms with Crippen LogP contribution in [0.4, 0.5) is 0 Å². The Hall–Kier alpha value is -4.61. The number of benzene rings is 3. The quantitative estimate of drug-likeness (QED) is 0.146. The molecule has 3 aromatic carbocycles. The fourth-order valence-electron chi connectivity index (χ4n) is 4.36. The van der Waals surface area contributed by atoms with E-state index < -0.39 is 0 Å². The summed E-state index contributed by atoms with van der Waals surface area (Å²) in [5.74, 6) is 2.75. The number of hydrogen-bond acceptors (Lipinski definition) is 7. The predicted octanol–water partition coefficient (Wildman–Crippen LogP) is 6.12. The molecule has 4 rings (SSSR count). The van der Waals surface area contributed by atoms with Gasteiger partial charge in [-0.25, -0.2) is 4.98 Å². The number of aromatic nitrogens is 2. The molecule has 1 heterocycles. The second-order valence-electron chi connectivity index (χ2n) is 9.39. The number of aliphatic hydroxyl groups excluding tert-OH is 1. The highest BCUT2D eigenvalue weighted by Gasteiger charge is 2.20. The minimum atomic E-state index is -0.119. The van der Waals surface area contributed by atoms with Gasteiger partial charge in [0.1, 0.15) is 41.5 Å². The van der Waals surface area contributed by atoms with Gasteiger partial charge in [-0.3, -0.25) is 4.79 Å². The predicted molar refractivity (Wildman–Crippen MR) is 151 cm³/mol. The molecule has 4 aromatic rings. The van der Waals surface area contributed by atoms with Crippen LogP contribution in [-0.2, 0) is 6.42 Å². The number of aliphatic hydroxyl groups is 1. The molecule has 0 fully saturated rings. The molecular weight excluding hydrogens is 506 g/mol. The fourth-order valence-corrected chi connectivity index (χ4v) is 4.36. The van der Waals surface area contributed by atoms with E-state index in [1.165, 1.54) is 0 Å². The number of imidazole rings is 1. The molecule has 1 unspecified atom stereocenters. The average molecular weight is 540 g/mol. The molecule has 8 nitrogen and oxygen atoms in total. The Morgan fingerprint density at radius 3 is 2.62 bits per heavy atom. The van der Waals surface area contributed by atoms with Gasteiger partial charge in [0.15, 0.2) is 6.29 Å². The standard InChI is InChI=1S/C32H33N3O5/c1-3-4-13-39-31-17-24(10-11-26(31)21-37)29(30-20-34-22(2)35-30)15-23-8-9-25(19-33)32(16-23)40-28-7-5-6-27(18-28)38-14-12-36/h5-11,16-18,20-21,29,36H,3-4,12-15H2,1-2H3,(H,34,35). The van der Waals surface area contributed by atoms with Crippen LogP contribution in [0.5, 0.6) is 23.0 Å². The molecule has 0 bridgehead atoms. The van der Waals surface area contributed by atoms with Crippen LogP contribution in [0.3, 0.4) is 0 Å². The zero-order valence-corrected chi connectivity index (χ0v) is 22.7. The molecule has 1 aromatic heterocycles. The Bertz CT molecular complexity index is 1470. The second-order valence-corrected chi connectivity index (χ2v) is 9.39. The first kappa shape index (κ1) is 28.4. The van der Waals surface area contributed by atoms with Crippen LogP contribution in [0.2, 0.25) is 0 Å². The summed E-state index contributed by atoms with van der Waals surface area (Å²) in [4.78, 5) is 19.4. The maximum Gasteiger partial charge on any atom is 0.153 e. The van der Waals surface area contributed by atoms with E-state index in [2.05, 4.69) is 23.0 Å². The highest BCUT2D eigenvalue weighted by Crippen LogP contribution is 2.34. The zero-order valence-electron chi connectivity index (χ0n) is 22.7. The van der Waals surface area contributed by atoms with Crippen LogP contribution in [-0.4, -0.2) is 41.2 Å². The minimum Gasteiger partial charge on any atom is -0.493 e. The van der Waals surface area contributed by atoms with E-state index in [1.54, 1.807) is 36.4 Å². The molecule has 0 saturated heterocycles. The van der Waals surface area contributed by atoms with Crippen molar-refractivity contribution >= 4 is 6.29 Å². The molecular formula is C32H33N3O5. The number of nitrogens with zero attached hydrogens (tertiary/aromatic N) is 2. The number of rotatable bonds is 14. The number of aryl methyl sites for hydroxylation is 1. The molecule has 0 saturated carbocycles. The number of hydrogen-bond donors (Lipinski definition) is 2. The summed E-state index contributed by atoms with van der Waals surface area (Å²) >= 11 is 0. The number of unbranched alkanes of at least 4 members (excludes halogenated alkanes) is 1.